The Morgan fingerprint density at radius 3 is 1.78 bits per heavy atom. The second-order valence-electron chi connectivity index (χ2n) is 5.16. The largest absolute Gasteiger partial charge is 0.360 e. The summed E-state index contributed by atoms with van der Waals surface area (Å²) < 4.78 is 0. The highest BCUT2D eigenvalue weighted by atomic mass is 15.1. The molecule has 0 aliphatic heterocycles. The van der Waals surface area contributed by atoms with Gasteiger partial charge in [0.15, 0.2) is 0 Å². The normalized spacial score (nSPS) is 10.0. The maximum atomic E-state index is 8.95. The number of pyridine rings is 2. The van der Waals surface area contributed by atoms with Crippen LogP contribution in [0.4, 0.5) is 5.69 Å². The van der Waals surface area contributed by atoms with Crippen molar-refractivity contribution in [3.63, 3.8) is 0 Å². The van der Waals surface area contributed by atoms with Crippen LogP contribution in [-0.2, 0) is 13.1 Å². The monoisotopic (exact) mass is 300 g/mol. The SMILES string of the molecule is N#Cc1ccc(N(Cc2ccccn2)Cc2ccccn2)cc1. The molecule has 0 unspecified atom stereocenters. The third kappa shape index (κ3) is 3.92. The molecule has 0 amide bonds. The van der Waals surface area contributed by atoms with Crippen LogP contribution in [0, 0.1) is 11.3 Å². The molecule has 0 aliphatic carbocycles. The molecule has 0 N–H and O–H groups in total. The lowest BCUT2D eigenvalue weighted by Crippen LogP contribution is -2.23. The van der Waals surface area contributed by atoms with Crippen molar-refractivity contribution in [1.29, 1.82) is 5.26 Å². The molecule has 1 aromatic carbocycles. The minimum absolute atomic E-state index is 0.657. The third-order valence-corrected chi connectivity index (χ3v) is 3.52. The molecule has 0 saturated carbocycles. The van der Waals surface area contributed by atoms with Gasteiger partial charge in [0.2, 0.25) is 0 Å². The number of rotatable bonds is 5. The summed E-state index contributed by atoms with van der Waals surface area (Å²) in [7, 11) is 0. The molecule has 0 saturated heterocycles. The van der Waals surface area contributed by atoms with Crippen LogP contribution in [0.2, 0.25) is 0 Å². The zero-order valence-electron chi connectivity index (χ0n) is 12.6. The van der Waals surface area contributed by atoms with Crippen LogP contribution >= 0.6 is 0 Å². The van der Waals surface area contributed by atoms with Crippen molar-refractivity contribution in [3.05, 3.63) is 90.0 Å². The van der Waals surface area contributed by atoms with Gasteiger partial charge in [-0.1, -0.05) is 12.1 Å². The van der Waals surface area contributed by atoms with E-state index in [4.69, 9.17) is 5.26 Å². The van der Waals surface area contributed by atoms with Gasteiger partial charge in [-0.15, -0.1) is 0 Å². The van der Waals surface area contributed by atoms with Crippen molar-refractivity contribution < 1.29 is 0 Å². The highest BCUT2D eigenvalue weighted by Crippen LogP contribution is 2.19. The lowest BCUT2D eigenvalue weighted by molar-refractivity contribution is 0.765. The van der Waals surface area contributed by atoms with Crippen molar-refractivity contribution in [2.75, 3.05) is 4.90 Å². The average molecular weight is 300 g/mol. The highest BCUT2D eigenvalue weighted by Gasteiger charge is 2.10. The molecule has 0 aliphatic rings. The quantitative estimate of drug-likeness (QED) is 0.723. The molecule has 4 heteroatoms. The van der Waals surface area contributed by atoms with Gasteiger partial charge in [0, 0.05) is 18.1 Å². The standard InChI is InChI=1S/C19H16N4/c20-13-16-7-9-19(10-8-16)23(14-17-5-1-3-11-21-17)15-18-6-2-4-12-22-18/h1-12H,14-15H2. The Morgan fingerprint density at radius 1 is 0.783 bits per heavy atom. The van der Waals surface area contributed by atoms with Gasteiger partial charge >= 0.3 is 0 Å². The third-order valence-electron chi connectivity index (χ3n) is 3.52. The number of hydrogen-bond acceptors (Lipinski definition) is 4. The second kappa shape index (κ2) is 7.19. The van der Waals surface area contributed by atoms with Crippen LogP contribution in [0.5, 0.6) is 0 Å². The first-order valence-electron chi connectivity index (χ1n) is 7.40. The van der Waals surface area contributed by atoms with Gasteiger partial charge in [0.1, 0.15) is 0 Å². The molecule has 0 atom stereocenters. The predicted molar refractivity (Wildman–Crippen MR) is 89.5 cm³/mol. The summed E-state index contributed by atoms with van der Waals surface area (Å²) in [5.74, 6) is 0. The van der Waals surface area contributed by atoms with Crippen molar-refractivity contribution in [2.45, 2.75) is 13.1 Å². The highest BCUT2D eigenvalue weighted by molar-refractivity contribution is 5.50. The first-order valence-corrected chi connectivity index (χ1v) is 7.40. The molecular weight excluding hydrogens is 284 g/mol. The van der Waals surface area contributed by atoms with E-state index < -0.39 is 0 Å². The maximum Gasteiger partial charge on any atom is 0.0991 e. The Kier molecular flexibility index (Phi) is 4.61. The van der Waals surface area contributed by atoms with Gasteiger partial charge < -0.3 is 4.90 Å². The fraction of sp³-hybridized carbons (Fsp3) is 0.105. The van der Waals surface area contributed by atoms with E-state index in [9.17, 15) is 0 Å². The van der Waals surface area contributed by atoms with Gasteiger partial charge in [0.05, 0.1) is 36.1 Å². The Morgan fingerprint density at radius 2 is 1.35 bits per heavy atom. The van der Waals surface area contributed by atoms with Crippen LogP contribution in [0.3, 0.4) is 0 Å². The number of nitrogens with zero attached hydrogens (tertiary/aromatic N) is 4. The fourth-order valence-corrected chi connectivity index (χ4v) is 2.36. The summed E-state index contributed by atoms with van der Waals surface area (Å²) in [6.07, 6.45) is 3.60. The summed E-state index contributed by atoms with van der Waals surface area (Å²) in [4.78, 5) is 11.0. The van der Waals surface area contributed by atoms with E-state index in [1.807, 2.05) is 60.7 Å². The molecule has 0 fully saturated rings. The van der Waals surface area contributed by atoms with E-state index in [0.29, 0.717) is 18.7 Å². The molecular formula is C19H16N4. The van der Waals surface area contributed by atoms with Crippen molar-refractivity contribution >= 4 is 5.69 Å². The van der Waals surface area contributed by atoms with Crippen LogP contribution < -0.4 is 4.90 Å². The molecule has 0 radical (unpaired) electrons. The van der Waals surface area contributed by atoms with Gasteiger partial charge in [-0.05, 0) is 48.5 Å². The van der Waals surface area contributed by atoms with E-state index in [1.54, 1.807) is 12.4 Å². The molecule has 112 valence electrons. The number of anilines is 1. The Bertz CT molecular complexity index is 736. The summed E-state index contributed by atoms with van der Waals surface area (Å²) in [5.41, 5.74) is 3.69. The molecule has 23 heavy (non-hydrogen) atoms. The maximum absolute atomic E-state index is 8.95. The lowest BCUT2D eigenvalue weighted by atomic mass is 10.2. The molecule has 3 rings (SSSR count). The van der Waals surface area contributed by atoms with Crippen molar-refractivity contribution in [2.24, 2.45) is 0 Å². The van der Waals surface area contributed by atoms with E-state index in [1.165, 1.54) is 0 Å². The van der Waals surface area contributed by atoms with Crippen molar-refractivity contribution in [3.8, 4) is 6.07 Å². The average Bonchev–Trinajstić information content (AvgIpc) is 2.63. The van der Waals surface area contributed by atoms with E-state index >= 15 is 0 Å². The zero-order valence-corrected chi connectivity index (χ0v) is 12.6. The Hall–Kier alpha value is -3.19. The number of aromatic nitrogens is 2. The van der Waals surface area contributed by atoms with Gasteiger partial charge in [-0.3, -0.25) is 9.97 Å². The van der Waals surface area contributed by atoms with E-state index in [-0.39, 0.29) is 0 Å². The molecule has 2 heterocycles. The van der Waals surface area contributed by atoms with Crippen LogP contribution in [0.1, 0.15) is 17.0 Å². The summed E-state index contributed by atoms with van der Waals surface area (Å²) in [6, 6.07) is 21.6. The summed E-state index contributed by atoms with van der Waals surface area (Å²) >= 11 is 0. The Balaban J connectivity index is 1.87. The van der Waals surface area contributed by atoms with Crippen molar-refractivity contribution in [1.82, 2.24) is 9.97 Å². The number of nitriles is 1. The molecule has 0 spiro atoms. The minimum Gasteiger partial charge on any atom is -0.360 e. The molecule has 3 aromatic rings. The van der Waals surface area contributed by atoms with Gasteiger partial charge in [0.25, 0.3) is 0 Å². The molecule has 2 aromatic heterocycles. The Labute approximate surface area is 135 Å². The summed E-state index contributed by atoms with van der Waals surface area (Å²) in [6.45, 7) is 1.37. The lowest BCUT2D eigenvalue weighted by Gasteiger charge is -2.24. The van der Waals surface area contributed by atoms with Crippen LogP contribution in [-0.4, -0.2) is 9.97 Å². The number of hydrogen-bond donors (Lipinski definition) is 0. The fourth-order valence-electron chi connectivity index (χ4n) is 2.36. The first kappa shape index (κ1) is 14.7. The second-order valence-corrected chi connectivity index (χ2v) is 5.16. The first-order chi connectivity index (χ1) is 11.3. The van der Waals surface area contributed by atoms with Gasteiger partial charge in [-0.2, -0.15) is 5.26 Å². The van der Waals surface area contributed by atoms with Crippen LogP contribution in [0.25, 0.3) is 0 Å². The van der Waals surface area contributed by atoms with Crippen LogP contribution in [0.15, 0.2) is 73.1 Å². The molecule has 4 nitrogen and oxygen atoms in total. The van der Waals surface area contributed by atoms with E-state index in [0.717, 1.165) is 17.1 Å². The zero-order chi connectivity index (χ0) is 15.9. The molecule has 0 bridgehead atoms. The smallest absolute Gasteiger partial charge is 0.0991 e. The predicted octanol–water partition coefficient (Wildman–Crippen LogP) is 3.56. The van der Waals surface area contributed by atoms with Gasteiger partial charge in [-0.25, -0.2) is 0 Å². The topological polar surface area (TPSA) is 52.8 Å². The minimum atomic E-state index is 0.657. The van der Waals surface area contributed by atoms with E-state index in [2.05, 4.69) is 20.9 Å². The number of benzene rings is 1. The summed E-state index contributed by atoms with van der Waals surface area (Å²) in [5, 5.41) is 8.95.